The van der Waals surface area contributed by atoms with Gasteiger partial charge in [-0.25, -0.2) is 4.98 Å². The summed E-state index contributed by atoms with van der Waals surface area (Å²) in [7, 11) is 0. The van der Waals surface area contributed by atoms with Crippen LogP contribution < -0.4 is 5.73 Å². The highest BCUT2D eigenvalue weighted by Crippen LogP contribution is 2.26. The number of hydrogen-bond donors (Lipinski definition) is 1. The number of nitrogens with zero attached hydrogens (tertiary/aromatic N) is 2. The van der Waals surface area contributed by atoms with Crippen LogP contribution in [-0.4, -0.2) is 15.3 Å². The first-order valence-corrected chi connectivity index (χ1v) is 7.87. The third-order valence-electron chi connectivity index (χ3n) is 4.03. The van der Waals surface area contributed by atoms with E-state index in [4.69, 9.17) is 10.7 Å². The summed E-state index contributed by atoms with van der Waals surface area (Å²) in [5.41, 5.74) is 11.8. The quantitative estimate of drug-likeness (QED) is 0.785. The Labute approximate surface area is 136 Å². The van der Waals surface area contributed by atoms with Gasteiger partial charge >= 0.3 is 0 Å². The van der Waals surface area contributed by atoms with Crippen LogP contribution in [0.3, 0.4) is 0 Å². The van der Waals surface area contributed by atoms with Crippen molar-refractivity contribution in [2.75, 3.05) is 0 Å². The molecular weight excluding hydrogens is 286 g/mol. The molecule has 2 aromatic heterocycles. The highest BCUT2D eigenvalue weighted by molar-refractivity contribution is 5.73. The van der Waals surface area contributed by atoms with E-state index in [1.807, 2.05) is 6.07 Å². The second kappa shape index (κ2) is 6.24. The van der Waals surface area contributed by atoms with Crippen LogP contribution in [0.5, 0.6) is 0 Å². The first kappa shape index (κ1) is 15.3. The Morgan fingerprint density at radius 2 is 1.78 bits per heavy atom. The summed E-state index contributed by atoms with van der Waals surface area (Å²) in [6, 6.07) is 12.5. The molecule has 0 atom stereocenters. The number of primary amides is 1. The number of hydrogen-bond acceptors (Lipinski definition) is 2. The second-order valence-corrected chi connectivity index (χ2v) is 6.03. The zero-order valence-corrected chi connectivity index (χ0v) is 13.5. The number of aromatic nitrogens is 2. The molecule has 0 spiro atoms. The van der Waals surface area contributed by atoms with Gasteiger partial charge in [-0.05, 0) is 38.3 Å². The van der Waals surface area contributed by atoms with Gasteiger partial charge in [0, 0.05) is 18.2 Å². The van der Waals surface area contributed by atoms with Crippen LogP contribution in [0.25, 0.3) is 16.9 Å². The summed E-state index contributed by atoms with van der Waals surface area (Å²) in [6.45, 7) is 4.14. The van der Waals surface area contributed by atoms with Gasteiger partial charge in [-0.2, -0.15) is 0 Å². The molecule has 3 rings (SSSR count). The lowest BCUT2D eigenvalue weighted by Gasteiger charge is -2.06. The van der Waals surface area contributed by atoms with Gasteiger partial charge in [-0.1, -0.05) is 35.9 Å². The number of imidazole rings is 1. The summed E-state index contributed by atoms with van der Waals surface area (Å²) >= 11 is 0. The number of benzene rings is 1. The molecule has 0 aliphatic carbocycles. The van der Waals surface area contributed by atoms with Crippen LogP contribution in [0.15, 0.2) is 42.6 Å². The zero-order valence-electron chi connectivity index (χ0n) is 13.5. The minimum absolute atomic E-state index is 0.258. The topological polar surface area (TPSA) is 60.4 Å². The van der Waals surface area contributed by atoms with E-state index in [-0.39, 0.29) is 5.91 Å². The lowest BCUT2D eigenvalue weighted by Crippen LogP contribution is -2.10. The van der Waals surface area contributed by atoms with E-state index < -0.39 is 0 Å². The Kier molecular flexibility index (Phi) is 4.15. The third-order valence-corrected chi connectivity index (χ3v) is 4.03. The summed E-state index contributed by atoms with van der Waals surface area (Å²) in [5.74, 6) is -0.258. The fraction of sp³-hybridized carbons (Fsp3) is 0.263. The standard InChI is InChI=1S/C19H21N3O/c1-13-6-9-15(10-7-13)19-16(4-3-5-17(20)23)22-12-14(2)8-11-18(22)21-19/h6-12H,3-5H2,1-2H3,(H2,20,23). The van der Waals surface area contributed by atoms with Gasteiger partial charge < -0.3 is 10.1 Å². The molecule has 0 bridgehead atoms. The Hall–Kier alpha value is -2.62. The van der Waals surface area contributed by atoms with E-state index in [1.165, 1.54) is 11.1 Å². The van der Waals surface area contributed by atoms with Crippen molar-refractivity contribution in [1.29, 1.82) is 0 Å². The summed E-state index contributed by atoms with van der Waals surface area (Å²) in [5, 5.41) is 0. The minimum Gasteiger partial charge on any atom is -0.370 e. The fourth-order valence-corrected chi connectivity index (χ4v) is 2.81. The Morgan fingerprint density at radius 1 is 1.09 bits per heavy atom. The van der Waals surface area contributed by atoms with Gasteiger partial charge in [-0.3, -0.25) is 4.79 Å². The van der Waals surface area contributed by atoms with E-state index in [0.29, 0.717) is 6.42 Å². The van der Waals surface area contributed by atoms with Gasteiger partial charge in [0.25, 0.3) is 0 Å². The minimum atomic E-state index is -0.258. The molecule has 0 aliphatic rings. The van der Waals surface area contributed by atoms with Crippen LogP contribution in [0.2, 0.25) is 0 Å². The molecule has 118 valence electrons. The van der Waals surface area contributed by atoms with Crippen molar-refractivity contribution in [1.82, 2.24) is 9.38 Å². The Bertz CT molecular complexity index is 847. The predicted octanol–water partition coefficient (Wildman–Crippen LogP) is 3.43. The molecule has 0 aliphatic heterocycles. The number of fused-ring (bicyclic) bond motifs is 1. The maximum atomic E-state index is 11.0. The molecule has 1 aromatic carbocycles. The van der Waals surface area contributed by atoms with E-state index in [9.17, 15) is 4.79 Å². The molecular formula is C19H21N3O. The largest absolute Gasteiger partial charge is 0.370 e. The van der Waals surface area contributed by atoms with Gasteiger partial charge in [0.15, 0.2) is 0 Å². The van der Waals surface area contributed by atoms with E-state index >= 15 is 0 Å². The van der Waals surface area contributed by atoms with Crippen LogP contribution in [-0.2, 0) is 11.2 Å². The molecule has 1 amide bonds. The summed E-state index contributed by atoms with van der Waals surface area (Å²) in [4.78, 5) is 15.8. The summed E-state index contributed by atoms with van der Waals surface area (Å²) < 4.78 is 2.13. The maximum absolute atomic E-state index is 11.0. The van der Waals surface area contributed by atoms with Crippen molar-refractivity contribution in [2.45, 2.75) is 33.1 Å². The highest BCUT2D eigenvalue weighted by atomic mass is 16.1. The Morgan fingerprint density at radius 3 is 2.48 bits per heavy atom. The number of nitrogens with two attached hydrogens (primary N) is 1. The zero-order chi connectivity index (χ0) is 16.4. The summed E-state index contributed by atoms with van der Waals surface area (Å²) in [6.07, 6.45) is 4.00. The first-order chi connectivity index (χ1) is 11.0. The van der Waals surface area contributed by atoms with Gasteiger partial charge in [-0.15, -0.1) is 0 Å². The van der Waals surface area contributed by atoms with Crippen molar-refractivity contribution in [2.24, 2.45) is 5.73 Å². The highest BCUT2D eigenvalue weighted by Gasteiger charge is 2.14. The van der Waals surface area contributed by atoms with Gasteiger partial charge in [0.1, 0.15) is 5.65 Å². The SMILES string of the molecule is Cc1ccc(-c2nc3ccc(C)cn3c2CCCC(N)=O)cc1. The lowest BCUT2D eigenvalue weighted by atomic mass is 10.1. The molecule has 0 fully saturated rings. The number of carbonyl (C=O) groups is 1. The van der Waals surface area contributed by atoms with Crippen molar-refractivity contribution in [3.05, 3.63) is 59.4 Å². The van der Waals surface area contributed by atoms with Crippen LogP contribution in [0.4, 0.5) is 0 Å². The van der Waals surface area contributed by atoms with Gasteiger partial charge in [0.05, 0.1) is 11.4 Å². The molecule has 2 heterocycles. The van der Waals surface area contributed by atoms with Crippen LogP contribution in [0, 0.1) is 13.8 Å². The normalized spacial score (nSPS) is 11.0. The van der Waals surface area contributed by atoms with Crippen molar-refractivity contribution in [3.63, 3.8) is 0 Å². The van der Waals surface area contributed by atoms with Crippen molar-refractivity contribution in [3.8, 4) is 11.3 Å². The number of rotatable bonds is 5. The molecule has 0 unspecified atom stereocenters. The molecule has 0 saturated heterocycles. The average molecular weight is 307 g/mol. The third kappa shape index (κ3) is 3.26. The number of amides is 1. The monoisotopic (exact) mass is 307 g/mol. The molecule has 0 saturated carbocycles. The van der Waals surface area contributed by atoms with E-state index in [2.05, 4.69) is 54.8 Å². The Balaban J connectivity index is 2.07. The van der Waals surface area contributed by atoms with Crippen molar-refractivity contribution >= 4 is 11.6 Å². The van der Waals surface area contributed by atoms with Gasteiger partial charge in [0.2, 0.25) is 5.91 Å². The molecule has 4 nitrogen and oxygen atoms in total. The first-order valence-electron chi connectivity index (χ1n) is 7.87. The molecule has 4 heteroatoms. The number of carbonyl (C=O) groups excluding carboxylic acids is 1. The fourth-order valence-electron chi connectivity index (χ4n) is 2.81. The number of aryl methyl sites for hydroxylation is 3. The average Bonchev–Trinajstić information content (AvgIpc) is 2.86. The molecule has 2 N–H and O–H groups in total. The molecule has 0 radical (unpaired) electrons. The van der Waals surface area contributed by atoms with Crippen molar-refractivity contribution < 1.29 is 4.79 Å². The van der Waals surface area contributed by atoms with E-state index in [1.54, 1.807) is 0 Å². The molecule has 23 heavy (non-hydrogen) atoms. The number of pyridine rings is 1. The van der Waals surface area contributed by atoms with E-state index in [0.717, 1.165) is 35.4 Å². The lowest BCUT2D eigenvalue weighted by molar-refractivity contribution is -0.118. The molecule has 3 aromatic rings. The smallest absolute Gasteiger partial charge is 0.217 e. The maximum Gasteiger partial charge on any atom is 0.217 e. The van der Waals surface area contributed by atoms with Crippen LogP contribution in [0.1, 0.15) is 29.7 Å². The van der Waals surface area contributed by atoms with Crippen LogP contribution >= 0.6 is 0 Å². The predicted molar refractivity (Wildman–Crippen MR) is 92.2 cm³/mol. The second-order valence-electron chi connectivity index (χ2n) is 6.03.